The molecule has 0 aliphatic carbocycles. The first-order chi connectivity index (χ1) is 14.5. The van der Waals surface area contributed by atoms with Crippen molar-refractivity contribution in [2.75, 3.05) is 0 Å². The standard InChI is InChI=1S/C28H23NO/c1-28(2,3)18-13-14-26-22(15-18)23-16-25-21(17-27(23)30-26)20-11-7-8-12-24(20)29(25)19-9-5-4-6-10-19/h4-17H,1-3H3. The molecule has 4 aromatic carbocycles. The fourth-order valence-corrected chi connectivity index (χ4v) is 4.56. The normalized spacial score (nSPS) is 12.5. The first-order valence-electron chi connectivity index (χ1n) is 10.5. The van der Waals surface area contributed by atoms with E-state index in [0.717, 1.165) is 11.2 Å². The van der Waals surface area contributed by atoms with E-state index in [1.807, 2.05) is 0 Å². The molecule has 2 heterocycles. The Hall–Kier alpha value is -3.52. The molecule has 0 saturated carbocycles. The van der Waals surface area contributed by atoms with Crippen LogP contribution in [0.4, 0.5) is 0 Å². The van der Waals surface area contributed by atoms with E-state index in [-0.39, 0.29) is 5.41 Å². The van der Waals surface area contributed by atoms with Gasteiger partial charge in [-0.2, -0.15) is 0 Å². The minimum atomic E-state index is 0.0980. The maximum Gasteiger partial charge on any atom is 0.136 e. The highest BCUT2D eigenvalue weighted by molar-refractivity contribution is 6.17. The summed E-state index contributed by atoms with van der Waals surface area (Å²) in [6.07, 6.45) is 0. The largest absolute Gasteiger partial charge is 0.456 e. The fraction of sp³-hybridized carbons (Fsp3) is 0.143. The van der Waals surface area contributed by atoms with Crippen molar-refractivity contribution in [1.82, 2.24) is 4.57 Å². The van der Waals surface area contributed by atoms with E-state index >= 15 is 0 Å². The molecule has 0 atom stereocenters. The SMILES string of the molecule is CC(C)(C)c1ccc2oc3cc4c5ccccc5n(-c5ccccc5)c4cc3c2c1. The third kappa shape index (κ3) is 2.43. The molecular weight excluding hydrogens is 366 g/mol. The van der Waals surface area contributed by atoms with E-state index in [9.17, 15) is 0 Å². The Morgan fingerprint density at radius 3 is 2.13 bits per heavy atom. The number of rotatable bonds is 1. The van der Waals surface area contributed by atoms with Gasteiger partial charge in [-0.15, -0.1) is 0 Å². The number of hydrogen-bond donors (Lipinski definition) is 0. The molecule has 0 radical (unpaired) electrons. The minimum absolute atomic E-state index is 0.0980. The summed E-state index contributed by atoms with van der Waals surface area (Å²) in [6, 6.07) is 30.3. The summed E-state index contributed by atoms with van der Waals surface area (Å²) in [6.45, 7) is 6.76. The molecular formula is C28H23NO. The Morgan fingerprint density at radius 1 is 0.600 bits per heavy atom. The fourth-order valence-electron chi connectivity index (χ4n) is 4.56. The Labute approximate surface area is 175 Å². The lowest BCUT2D eigenvalue weighted by Gasteiger charge is -2.18. The number of furan rings is 1. The Bertz CT molecular complexity index is 1560. The number of benzene rings is 4. The van der Waals surface area contributed by atoms with E-state index in [1.54, 1.807) is 0 Å². The molecule has 0 saturated heterocycles. The number of fused-ring (bicyclic) bond motifs is 6. The van der Waals surface area contributed by atoms with Gasteiger partial charge in [-0.25, -0.2) is 0 Å². The zero-order valence-corrected chi connectivity index (χ0v) is 17.4. The summed E-state index contributed by atoms with van der Waals surface area (Å²) < 4.78 is 8.64. The molecule has 146 valence electrons. The van der Waals surface area contributed by atoms with Gasteiger partial charge < -0.3 is 8.98 Å². The van der Waals surface area contributed by atoms with Crippen molar-refractivity contribution in [2.24, 2.45) is 0 Å². The van der Waals surface area contributed by atoms with E-state index in [2.05, 4.69) is 110 Å². The number of hydrogen-bond acceptors (Lipinski definition) is 1. The molecule has 0 fully saturated rings. The zero-order valence-electron chi connectivity index (χ0n) is 17.4. The lowest BCUT2D eigenvalue weighted by atomic mass is 9.86. The third-order valence-corrected chi connectivity index (χ3v) is 6.14. The maximum absolute atomic E-state index is 6.28. The summed E-state index contributed by atoms with van der Waals surface area (Å²) in [4.78, 5) is 0. The van der Waals surface area contributed by atoms with Gasteiger partial charge in [0.1, 0.15) is 11.2 Å². The van der Waals surface area contributed by atoms with Gasteiger partial charge in [0.05, 0.1) is 11.0 Å². The molecule has 0 N–H and O–H groups in total. The van der Waals surface area contributed by atoms with Crippen molar-refractivity contribution in [3.8, 4) is 5.69 Å². The molecule has 6 rings (SSSR count). The highest BCUT2D eigenvalue weighted by Crippen LogP contribution is 2.39. The van der Waals surface area contributed by atoms with Crippen LogP contribution >= 0.6 is 0 Å². The second-order valence-electron chi connectivity index (χ2n) is 9.12. The number of aromatic nitrogens is 1. The predicted octanol–water partition coefficient (Wildman–Crippen LogP) is 7.98. The van der Waals surface area contributed by atoms with Crippen LogP contribution < -0.4 is 0 Å². The summed E-state index contributed by atoms with van der Waals surface area (Å²) in [5.74, 6) is 0. The Kier molecular flexibility index (Phi) is 3.47. The first kappa shape index (κ1) is 17.3. The van der Waals surface area contributed by atoms with Crippen molar-refractivity contribution in [3.05, 3.63) is 90.5 Å². The van der Waals surface area contributed by atoms with Gasteiger partial charge >= 0.3 is 0 Å². The Balaban J connectivity index is 1.77. The molecule has 2 aromatic heterocycles. The summed E-state index contributed by atoms with van der Waals surface area (Å²) in [5.41, 5.74) is 6.90. The van der Waals surface area contributed by atoms with Crippen molar-refractivity contribution < 1.29 is 4.42 Å². The topological polar surface area (TPSA) is 18.1 Å². The zero-order chi connectivity index (χ0) is 20.5. The maximum atomic E-state index is 6.28. The van der Waals surface area contributed by atoms with Crippen LogP contribution in [0.2, 0.25) is 0 Å². The lowest BCUT2D eigenvalue weighted by Crippen LogP contribution is -2.10. The van der Waals surface area contributed by atoms with Crippen LogP contribution in [-0.4, -0.2) is 4.57 Å². The van der Waals surface area contributed by atoms with Gasteiger partial charge in [0.2, 0.25) is 0 Å². The molecule has 6 aromatic rings. The molecule has 30 heavy (non-hydrogen) atoms. The van der Waals surface area contributed by atoms with Gasteiger partial charge in [0.25, 0.3) is 0 Å². The Morgan fingerprint density at radius 2 is 1.33 bits per heavy atom. The van der Waals surface area contributed by atoms with Crippen molar-refractivity contribution >= 4 is 43.7 Å². The van der Waals surface area contributed by atoms with Crippen LogP contribution in [0.15, 0.2) is 89.3 Å². The van der Waals surface area contributed by atoms with Crippen LogP contribution in [-0.2, 0) is 5.41 Å². The van der Waals surface area contributed by atoms with Gasteiger partial charge in [-0.05, 0) is 53.4 Å². The molecule has 2 nitrogen and oxygen atoms in total. The molecule has 0 amide bonds. The van der Waals surface area contributed by atoms with Crippen molar-refractivity contribution in [3.63, 3.8) is 0 Å². The van der Waals surface area contributed by atoms with Crippen LogP contribution in [0, 0.1) is 0 Å². The average Bonchev–Trinajstić information content (AvgIpc) is 3.26. The smallest absolute Gasteiger partial charge is 0.136 e. The van der Waals surface area contributed by atoms with Crippen LogP contribution in [0.5, 0.6) is 0 Å². The highest BCUT2D eigenvalue weighted by Gasteiger charge is 2.18. The highest BCUT2D eigenvalue weighted by atomic mass is 16.3. The van der Waals surface area contributed by atoms with Crippen LogP contribution in [0.1, 0.15) is 26.3 Å². The second kappa shape index (κ2) is 5.99. The number of nitrogens with zero attached hydrogens (tertiary/aromatic N) is 1. The number of para-hydroxylation sites is 2. The van der Waals surface area contributed by atoms with Crippen LogP contribution in [0.3, 0.4) is 0 Å². The van der Waals surface area contributed by atoms with E-state index in [0.29, 0.717) is 0 Å². The summed E-state index contributed by atoms with van der Waals surface area (Å²) in [7, 11) is 0. The molecule has 0 unspecified atom stereocenters. The van der Waals surface area contributed by atoms with E-state index < -0.39 is 0 Å². The lowest BCUT2D eigenvalue weighted by molar-refractivity contribution is 0.590. The molecule has 0 aliphatic rings. The molecule has 0 bridgehead atoms. The van der Waals surface area contributed by atoms with Gasteiger partial charge in [0, 0.05) is 27.2 Å². The van der Waals surface area contributed by atoms with Crippen LogP contribution in [0.25, 0.3) is 49.4 Å². The molecule has 2 heteroatoms. The van der Waals surface area contributed by atoms with Gasteiger partial charge in [-0.1, -0.05) is 63.2 Å². The second-order valence-corrected chi connectivity index (χ2v) is 9.12. The van der Waals surface area contributed by atoms with E-state index in [4.69, 9.17) is 4.42 Å². The molecule has 0 spiro atoms. The van der Waals surface area contributed by atoms with Gasteiger partial charge in [0.15, 0.2) is 0 Å². The molecule has 0 aliphatic heterocycles. The van der Waals surface area contributed by atoms with E-state index in [1.165, 1.54) is 43.8 Å². The third-order valence-electron chi connectivity index (χ3n) is 6.14. The quantitative estimate of drug-likeness (QED) is 0.279. The van der Waals surface area contributed by atoms with Crippen molar-refractivity contribution in [1.29, 1.82) is 0 Å². The predicted molar refractivity (Wildman–Crippen MR) is 127 cm³/mol. The first-order valence-corrected chi connectivity index (χ1v) is 10.5. The summed E-state index contributed by atoms with van der Waals surface area (Å²) in [5, 5.41) is 4.82. The average molecular weight is 389 g/mol. The summed E-state index contributed by atoms with van der Waals surface area (Å²) >= 11 is 0. The van der Waals surface area contributed by atoms with Gasteiger partial charge in [-0.3, -0.25) is 0 Å². The minimum Gasteiger partial charge on any atom is -0.456 e. The van der Waals surface area contributed by atoms with Crippen molar-refractivity contribution in [2.45, 2.75) is 26.2 Å². The monoisotopic (exact) mass is 389 g/mol.